The van der Waals surface area contributed by atoms with Gasteiger partial charge in [-0.25, -0.2) is 13.1 Å². The summed E-state index contributed by atoms with van der Waals surface area (Å²) in [6, 6.07) is 16.9. The van der Waals surface area contributed by atoms with Crippen molar-refractivity contribution in [2.75, 3.05) is 20.8 Å². The Morgan fingerprint density at radius 3 is 1.83 bits per heavy atom. The molecule has 0 unspecified atom stereocenters. The molecule has 0 spiro atoms. The van der Waals surface area contributed by atoms with Crippen LogP contribution in [0.2, 0.25) is 0 Å². The first kappa shape index (κ1) is 26.7. The second kappa shape index (κ2) is 11.2. The topological polar surface area (TPSA) is 108 Å². The molecule has 3 aromatic carbocycles. The maximum Gasteiger partial charge on any atom is 0.297 e. The lowest BCUT2D eigenvalue weighted by atomic mass is 10.1. The predicted molar refractivity (Wildman–Crippen MR) is 133 cm³/mol. The predicted octanol–water partition coefficient (Wildman–Crippen LogP) is 3.62. The normalized spacial score (nSPS) is 12.8. The molecule has 0 fully saturated rings. The van der Waals surface area contributed by atoms with E-state index in [-0.39, 0.29) is 16.2 Å². The van der Waals surface area contributed by atoms with Crippen LogP contribution in [-0.4, -0.2) is 43.7 Å². The van der Waals surface area contributed by atoms with Crippen LogP contribution in [0, 0.1) is 13.8 Å². The first-order chi connectivity index (χ1) is 16.5. The average molecular weight is 520 g/mol. The molecule has 0 bridgehead atoms. The number of rotatable bonds is 11. The number of nitrogens with one attached hydrogen (secondary N) is 1. The Morgan fingerprint density at radius 1 is 0.743 bits per heavy atom. The first-order valence-corrected chi connectivity index (χ1v) is 13.7. The molecule has 0 saturated carbocycles. The third kappa shape index (κ3) is 7.04. The summed E-state index contributed by atoms with van der Waals surface area (Å²) in [6.45, 7) is 3.29. The first-order valence-electron chi connectivity index (χ1n) is 10.8. The molecule has 0 aliphatic rings. The molecule has 35 heavy (non-hydrogen) atoms. The molecular weight excluding hydrogens is 490 g/mol. The standard InChI is InChI=1S/C25H29NO7S2/c1-18-5-10-22(11-6-18)34(27,28)26-21(15-20-9-14-24(31-3)25(16-20)32-4)17-33-35(29,30)23-12-7-19(2)8-13-23/h5-14,16,21,26H,15,17H2,1-4H3/t21-/m0/s1. The van der Waals surface area contributed by atoms with E-state index < -0.39 is 32.8 Å². The van der Waals surface area contributed by atoms with Gasteiger partial charge in [-0.1, -0.05) is 41.5 Å². The monoisotopic (exact) mass is 519 g/mol. The zero-order valence-electron chi connectivity index (χ0n) is 20.0. The molecule has 0 aliphatic heterocycles. The van der Waals surface area contributed by atoms with Crippen molar-refractivity contribution in [3.63, 3.8) is 0 Å². The van der Waals surface area contributed by atoms with E-state index in [0.717, 1.165) is 11.1 Å². The highest BCUT2D eigenvalue weighted by atomic mass is 32.2. The Hall–Kier alpha value is -2.92. The number of hydrogen-bond donors (Lipinski definition) is 1. The van der Waals surface area contributed by atoms with Gasteiger partial charge in [-0.3, -0.25) is 4.18 Å². The fraction of sp³-hybridized carbons (Fsp3) is 0.280. The lowest BCUT2D eigenvalue weighted by molar-refractivity contribution is 0.281. The highest BCUT2D eigenvalue weighted by Gasteiger charge is 2.24. The van der Waals surface area contributed by atoms with Gasteiger partial charge in [-0.2, -0.15) is 8.42 Å². The van der Waals surface area contributed by atoms with Crippen LogP contribution in [0.3, 0.4) is 0 Å². The summed E-state index contributed by atoms with van der Waals surface area (Å²) < 4.78 is 70.0. The fourth-order valence-corrected chi connectivity index (χ4v) is 5.55. The van der Waals surface area contributed by atoms with E-state index >= 15 is 0 Å². The van der Waals surface area contributed by atoms with Gasteiger partial charge in [0.25, 0.3) is 10.1 Å². The van der Waals surface area contributed by atoms with Crippen molar-refractivity contribution in [3.05, 3.63) is 83.4 Å². The van der Waals surface area contributed by atoms with Gasteiger partial charge >= 0.3 is 0 Å². The lowest BCUT2D eigenvalue weighted by Gasteiger charge is -2.20. The van der Waals surface area contributed by atoms with Crippen LogP contribution in [0.1, 0.15) is 16.7 Å². The minimum absolute atomic E-state index is 0.00522. The molecule has 0 aliphatic carbocycles. The average Bonchev–Trinajstić information content (AvgIpc) is 2.83. The van der Waals surface area contributed by atoms with Crippen LogP contribution in [-0.2, 0) is 30.7 Å². The van der Waals surface area contributed by atoms with E-state index in [1.54, 1.807) is 42.5 Å². The number of hydrogen-bond acceptors (Lipinski definition) is 7. The minimum Gasteiger partial charge on any atom is -0.493 e. The zero-order chi connectivity index (χ0) is 25.6. The summed E-state index contributed by atoms with van der Waals surface area (Å²) in [7, 11) is -5.03. The Labute approximate surface area is 207 Å². The van der Waals surface area contributed by atoms with Crippen molar-refractivity contribution < 1.29 is 30.5 Å². The molecule has 3 rings (SSSR count). The van der Waals surface area contributed by atoms with Crippen LogP contribution >= 0.6 is 0 Å². The Bertz CT molecular complexity index is 1350. The maximum atomic E-state index is 13.0. The number of methoxy groups -OCH3 is 2. The highest BCUT2D eigenvalue weighted by molar-refractivity contribution is 7.89. The molecule has 1 atom stereocenters. The molecular formula is C25H29NO7S2. The van der Waals surface area contributed by atoms with E-state index in [1.165, 1.54) is 38.5 Å². The van der Waals surface area contributed by atoms with Gasteiger partial charge in [0.05, 0.1) is 36.7 Å². The van der Waals surface area contributed by atoms with E-state index in [4.69, 9.17) is 13.7 Å². The smallest absolute Gasteiger partial charge is 0.297 e. The van der Waals surface area contributed by atoms with Gasteiger partial charge in [0.15, 0.2) is 11.5 Å². The maximum absolute atomic E-state index is 13.0. The minimum atomic E-state index is -4.09. The molecule has 8 nitrogen and oxygen atoms in total. The van der Waals surface area contributed by atoms with Crippen molar-refractivity contribution in [1.82, 2.24) is 4.72 Å². The van der Waals surface area contributed by atoms with Crippen molar-refractivity contribution in [2.24, 2.45) is 0 Å². The van der Waals surface area contributed by atoms with Crippen LogP contribution in [0.4, 0.5) is 0 Å². The van der Waals surface area contributed by atoms with E-state index in [2.05, 4.69) is 4.72 Å². The Morgan fingerprint density at radius 2 is 1.29 bits per heavy atom. The number of sulfonamides is 1. The highest BCUT2D eigenvalue weighted by Crippen LogP contribution is 2.28. The van der Waals surface area contributed by atoms with Gasteiger partial charge in [-0.15, -0.1) is 0 Å². The molecule has 3 aromatic rings. The van der Waals surface area contributed by atoms with Gasteiger partial charge in [0.2, 0.25) is 10.0 Å². The Kier molecular flexibility index (Phi) is 8.55. The second-order valence-electron chi connectivity index (χ2n) is 8.08. The largest absolute Gasteiger partial charge is 0.493 e. The molecule has 1 N–H and O–H groups in total. The Balaban J connectivity index is 1.87. The van der Waals surface area contributed by atoms with Crippen LogP contribution < -0.4 is 14.2 Å². The molecule has 0 radical (unpaired) electrons. The fourth-order valence-electron chi connectivity index (χ4n) is 3.38. The summed E-state index contributed by atoms with van der Waals surface area (Å²) in [4.78, 5) is 0.0659. The van der Waals surface area contributed by atoms with Gasteiger partial charge < -0.3 is 9.47 Å². The van der Waals surface area contributed by atoms with E-state index in [0.29, 0.717) is 17.1 Å². The van der Waals surface area contributed by atoms with Gasteiger partial charge in [0.1, 0.15) is 0 Å². The SMILES string of the molecule is COc1ccc(C[C@@H](COS(=O)(=O)c2ccc(C)cc2)NS(=O)(=O)c2ccc(C)cc2)cc1OC. The molecule has 188 valence electrons. The summed E-state index contributed by atoms with van der Waals surface area (Å²) in [5.41, 5.74) is 2.52. The van der Waals surface area contributed by atoms with Crippen LogP contribution in [0.15, 0.2) is 76.5 Å². The summed E-state index contributed by atoms with van der Waals surface area (Å²) in [5, 5.41) is 0. The summed E-state index contributed by atoms with van der Waals surface area (Å²) in [5.74, 6) is 0.990. The third-order valence-electron chi connectivity index (χ3n) is 5.32. The third-order valence-corrected chi connectivity index (χ3v) is 8.15. The quantitative estimate of drug-likeness (QED) is 0.386. The molecule has 0 saturated heterocycles. The van der Waals surface area contributed by atoms with E-state index in [9.17, 15) is 16.8 Å². The summed E-state index contributed by atoms with van der Waals surface area (Å²) in [6.07, 6.45) is 0.148. The van der Waals surface area contributed by atoms with Gasteiger partial charge in [-0.05, 0) is 62.2 Å². The van der Waals surface area contributed by atoms with Crippen LogP contribution in [0.25, 0.3) is 0 Å². The lowest BCUT2D eigenvalue weighted by Crippen LogP contribution is -2.40. The molecule has 0 heterocycles. The van der Waals surface area contributed by atoms with Crippen molar-refractivity contribution in [1.29, 1.82) is 0 Å². The van der Waals surface area contributed by atoms with Gasteiger partial charge in [0, 0.05) is 0 Å². The van der Waals surface area contributed by atoms with E-state index in [1.807, 2.05) is 13.8 Å². The molecule has 0 aromatic heterocycles. The van der Waals surface area contributed by atoms with Crippen molar-refractivity contribution in [2.45, 2.75) is 36.1 Å². The summed E-state index contributed by atoms with van der Waals surface area (Å²) >= 11 is 0. The molecule has 0 amide bonds. The number of benzene rings is 3. The number of aryl methyl sites for hydroxylation is 2. The van der Waals surface area contributed by atoms with Crippen molar-refractivity contribution >= 4 is 20.1 Å². The zero-order valence-corrected chi connectivity index (χ0v) is 21.6. The van der Waals surface area contributed by atoms with Crippen LogP contribution in [0.5, 0.6) is 11.5 Å². The number of ether oxygens (including phenoxy) is 2. The van der Waals surface area contributed by atoms with Crippen molar-refractivity contribution in [3.8, 4) is 11.5 Å². The second-order valence-corrected chi connectivity index (χ2v) is 11.4. The molecule has 10 heteroatoms.